The van der Waals surface area contributed by atoms with Crippen molar-refractivity contribution in [3.8, 4) is 11.1 Å². The van der Waals surface area contributed by atoms with Crippen molar-refractivity contribution in [2.75, 3.05) is 6.54 Å². The molecule has 0 spiro atoms. The predicted octanol–water partition coefficient (Wildman–Crippen LogP) is 3.41. The molecule has 0 aliphatic heterocycles. The number of aryl methyl sites for hydroxylation is 2. The lowest BCUT2D eigenvalue weighted by Gasteiger charge is -2.08. The van der Waals surface area contributed by atoms with Gasteiger partial charge in [0.15, 0.2) is 0 Å². The van der Waals surface area contributed by atoms with E-state index in [0.717, 1.165) is 35.8 Å². The molecule has 1 aromatic heterocycles. The van der Waals surface area contributed by atoms with Gasteiger partial charge in [-0.15, -0.1) is 0 Å². The van der Waals surface area contributed by atoms with Gasteiger partial charge in [-0.1, -0.05) is 31.5 Å². The maximum Gasteiger partial charge on any atom is 0.0700 e. The van der Waals surface area contributed by atoms with E-state index in [1.165, 1.54) is 11.1 Å². The summed E-state index contributed by atoms with van der Waals surface area (Å²) in [6.07, 6.45) is 3.00. The van der Waals surface area contributed by atoms with Crippen LogP contribution < -0.4 is 5.32 Å². The Hall–Kier alpha value is -1.32. The molecular weight excluding hydrogens is 258 g/mol. The second-order valence-corrected chi connectivity index (χ2v) is 5.01. The fraction of sp³-hybridized carbons (Fsp3) is 0.400. The number of hydrogen-bond donors (Lipinski definition) is 1. The molecule has 2 rings (SSSR count). The van der Waals surface area contributed by atoms with Crippen LogP contribution in [0.15, 0.2) is 24.4 Å². The standard InChI is InChI=1S/C15H20ClN3/c1-4-15-13(10-19(3)18-15)11-6-7-14(16)12(8-11)9-17-5-2/h6-8,10,17H,4-5,9H2,1-3H3. The van der Waals surface area contributed by atoms with E-state index in [9.17, 15) is 0 Å². The van der Waals surface area contributed by atoms with E-state index in [0.29, 0.717) is 0 Å². The molecule has 1 aromatic carbocycles. The Morgan fingerprint density at radius 1 is 1.32 bits per heavy atom. The van der Waals surface area contributed by atoms with Gasteiger partial charge in [0.25, 0.3) is 0 Å². The zero-order chi connectivity index (χ0) is 13.8. The molecule has 1 N–H and O–H groups in total. The third-order valence-electron chi connectivity index (χ3n) is 3.16. The summed E-state index contributed by atoms with van der Waals surface area (Å²) in [6, 6.07) is 6.19. The van der Waals surface area contributed by atoms with E-state index in [1.807, 2.05) is 17.8 Å². The largest absolute Gasteiger partial charge is 0.313 e. The molecule has 1 heterocycles. The molecule has 102 valence electrons. The van der Waals surface area contributed by atoms with Gasteiger partial charge in [0.2, 0.25) is 0 Å². The molecule has 0 radical (unpaired) electrons. The third kappa shape index (κ3) is 3.17. The van der Waals surface area contributed by atoms with Crippen LogP contribution in [0.3, 0.4) is 0 Å². The van der Waals surface area contributed by atoms with Gasteiger partial charge in [-0.05, 0) is 36.2 Å². The van der Waals surface area contributed by atoms with Gasteiger partial charge in [-0.2, -0.15) is 5.10 Å². The first kappa shape index (κ1) is 14.1. The topological polar surface area (TPSA) is 29.9 Å². The Morgan fingerprint density at radius 2 is 2.11 bits per heavy atom. The lowest BCUT2D eigenvalue weighted by molar-refractivity contribution is 0.727. The molecule has 4 heteroatoms. The molecule has 0 unspecified atom stereocenters. The van der Waals surface area contributed by atoms with Crippen LogP contribution in [0, 0.1) is 0 Å². The average Bonchev–Trinajstić information content (AvgIpc) is 2.79. The molecule has 19 heavy (non-hydrogen) atoms. The summed E-state index contributed by atoms with van der Waals surface area (Å²) < 4.78 is 1.87. The fourth-order valence-electron chi connectivity index (χ4n) is 2.17. The van der Waals surface area contributed by atoms with Crippen LogP contribution in [0.2, 0.25) is 5.02 Å². The first-order valence-electron chi connectivity index (χ1n) is 6.67. The number of nitrogens with zero attached hydrogens (tertiary/aromatic N) is 2. The third-order valence-corrected chi connectivity index (χ3v) is 3.53. The van der Waals surface area contributed by atoms with Crippen LogP contribution in [-0.4, -0.2) is 16.3 Å². The van der Waals surface area contributed by atoms with E-state index >= 15 is 0 Å². The highest BCUT2D eigenvalue weighted by Gasteiger charge is 2.10. The van der Waals surface area contributed by atoms with Crippen molar-refractivity contribution in [2.24, 2.45) is 7.05 Å². The number of aromatic nitrogens is 2. The highest BCUT2D eigenvalue weighted by atomic mass is 35.5. The highest BCUT2D eigenvalue weighted by molar-refractivity contribution is 6.31. The van der Waals surface area contributed by atoms with Crippen LogP contribution in [0.4, 0.5) is 0 Å². The first-order valence-corrected chi connectivity index (χ1v) is 7.05. The van der Waals surface area contributed by atoms with E-state index in [2.05, 4.69) is 42.6 Å². The van der Waals surface area contributed by atoms with Gasteiger partial charge in [-0.25, -0.2) is 0 Å². The molecular formula is C15H20ClN3. The summed E-state index contributed by atoms with van der Waals surface area (Å²) in [6.45, 7) is 5.95. The second-order valence-electron chi connectivity index (χ2n) is 4.60. The molecule has 0 atom stereocenters. The molecule has 0 bridgehead atoms. The Balaban J connectivity index is 2.39. The summed E-state index contributed by atoms with van der Waals surface area (Å²) in [5.74, 6) is 0. The number of hydrogen-bond acceptors (Lipinski definition) is 2. The molecule has 0 aliphatic carbocycles. The minimum atomic E-state index is 0.797. The quantitative estimate of drug-likeness (QED) is 0.908. The van der Waals surface area contributed by atoms with E-state index in [-0.39, 0.29) is 0 Å². The summed E-state index contributed by atoms with van der Waals surface area (Å²) in [5, 5.41) is 8.61. The Kier molecular flexibility index (Phi) is 4.61. The molecule has 0 amide bonds. The van der Waals surface area contributed by atoms with Crippen molar-refractivity contribution in [1.29, 1.82) is 0 Å². The van der Waals surface area contributed by atoms with Crippen LogP contribution in [0.1, 0.15) is 25.1 Å². The number of halogens is 1. The monoisotopic (exact) mass is 277 g/mol. The Labute approximate surface area is 119 Å². The highest BCUT2D eigenvalue weighted by Crippen LogP contribution is 2.27. The lowest BCUT2D eigenvalue weighted by atomic mass is 10.0. The Morgan fingerprint density at radius 3 is 2.79 bits per heavy atom. The molecule has 0 saturated heterocycles. The van der Waals surface area contributed by atoms with Gasteiger partial charge in [0.05, 0.1) is 5.69 Å². The number of benzene rings is 1. The first-order chi connectivity index (χ1) is 9.15. The average molecular weight is 278 g/mol. The minimum absolute atomic E-state index is 0.797. The van der Waals surface area contributed by atoms with Crippen LogP contribution in [0.5, 0.6) is 0 Å². The molecule has 0 saturated carbocycles. The molecule has 2 aromatic rings. The van der Waals surface area contributed by atoms with Gasteiger partial charge in [-0.3, -0.25) is 4.68 Å². The lowest BCUT2D eigenvalue weighted by Crippen LogP contribution is -2.12. The van der Waals surface area contributed by atoms with Crippen LogP contribution in [-0.2, 0) is 20.0 Å². The van der Waals surface area contributed by atoms with Crippen LogP contribution in [0.25, 0.3) is 11.1 Å². The summed E-state index contributed by atoms with van der Waals surface area (Å²) in [5.41, 5.74) is 4.63. The smallest absolute Gasteiger partial charge is 0.0700 e. The summed E-state index contributed by atoms with van der Waals surface area (Å²) in [4.78, 5) is 0. The molecule has 0 aliphatic rings. The second kappa shape index (κ2) is 6.22. The van der Waals surface area contributed by atoms with Gasteiger partial charge >= 0.3 is 0 Å². The summed E-state index contributed by atoms with van der Waals surface area (Å²) >= 11 is 6.24. The maximum atomic E-state index is 6.24. The number of nitrogens with one attached hydrogen (secondary N) is 1. The maximum absolute atomic E-state index is 6.24. The fourth-order valence-corrected chi connectivity index (χ4v) is 2.36. The SMILES string of the molecule is CCNCc1cc(-c2cn(C)nc2CC)ccc1Cl. The van der Waals surface area contributed by atoms with Gasteiger partial charge in [0, 0.05) is 30.4 Å². The van der Waals surface area contributed by atoms with Crippen molar-refractivity contribution < 1.29 is 0 Å². The van der Waals surface area contributed by atoms with Gasteiger partial charge < -0.3 is 5.32 Å². The van der Waals surface area contributed by atoms with Crippen molar-refractivity contribution in [2.45, 2.75) is 26.8 Å². The van der Waals surface area contributed by atoms with E-state index < -0.39 is 0 Å². The number of rotatable bonds is 5. The van der Waals surface area contributed by atoms with Gasteiger partial charge in [0.1, 0.15) is 0 Å². The summed E-state index contributed by atoms with van der Waals surface area (Å²) in [7, 11) is 1.96. The zero-order valence-corrected chi connectivity index (χ0v) is 12.5. The van der Waals surface area contributed by atoms with Crippen molar-refractivity contribution >= 4 is 11.6 Å². The van der Waals surface area contributed by atoms with Crippen molar-refractivity contribution in [3.63, 3.8) is 0 Å². The van der Waals surface area contributed by atoms with Crippen LogP contribution >= 0.6 is 11.6 Å². The zero-order valence-electron chi connectivity index (χ0n) is 11.7. The molecule has 3 nitrogen and oxygen atoms in total. The van der Waals surface area contributed by atoms with Crippen molar-refractivity contribution in [1.82, 2.24) is 15.1 Å². The molecule has 0 fully saturated rings. The predicted molar refractivity (Wildman–Crippen MR) is 80.4 cm³/mol. The van der Waals surface area contributed by atoms with E-state index in [1.54, 1.807) is 0 Å². The van der Waals surface area contributed by atoms with Crippen molar-refractivity contribution in [3.05, 3.63) is 40.7 Å². The normalized spacial score (nSPS) is 10.9. The Bertz CT molecular complexity index is 561. The van der Waals surface area contributed by atoms with E-state index in [4.69, 9.17) is 11.6 Å². The minimum Gasteiger partial charge on any atom is -0.313 e.